The number of hydrogen-bond acceptors (Lipinski definition) is 5. The number of aromatic nitrogens is 2. The van der Waals surface area contributed by atoms with Gasteiger partial charge in [-0.2, -0.15) is 0 Å². The number of carbonyl (C=O) groups excluding carboxylic acids is 2. The topological polar surface area (TPSA) is 61.7 Å². The summed E-state index contributed by atoms with van der Waals surface area (Å²) in [5.74, 6) is -0.394. The molecule has 1 aliphatic carbocycles. The van der Waals surface area contributed by atoms with Gasteiger partial charge in [-0.25, -0.2) is 4.98 Å². The summed E-state index contributed by atoms with van der Waals surface area (Å²) in [5, 5.41) is 1.64. The summed E-state index contributed by atoms with van der Waals surface area (Å²) in [6.07, 6.45) is 12.5. The molecule has 3 aromatic rings. The van der Waals surface area contributed by atoms with Gasteiger partial charge in [0, 0.05) is 52.9 Å². The molecule has 2 amide bonds. The Labute approximate surface area is 213 Å². The summed E-state index contributed by atoms with van der Waals surface area (Å²) in [6.45, 7) is 5.50. The SMILES string of the molecule is CCCN(C)CCC1(N(C)CCN2C(=O)c3cccc4c(-n5ccnc5)ccc(c34)C2=O)CCCC1. The Hall–Kier alpha value is -3.03. The molecule has 0 unspecified atom stereocenters. The van der Waals surface area contributed by atoms with Gasteiger partial charge in [0.2, 0.25) is 0 Å². The molecule has 0 spiro atoms. The second kappa shape index (κ2) is 10.1. The van der Waals surface area contributed by atoms with Gasteiger partial charge in [-0.1, -0.05) is 31.9 Å². The fourth-order valence-electron chi connectivity index (χ4n) is 6.20. The molecule has 1 aliphatic heterocycles. The third kappa shape index (κ3) is 4.35. The van der Waals surface area contributed by atoms with Crippen molar-refractivity contribution in [3.05, 3.63) is 60.2 Å². The molecule has 1 fully saturated rings. The Morgan fingerprint density at radius 2 is 1.72 bits per heavy atom. The van der Waals surface area contributed by atoms with Crippen molar-refractivity contribution in [2.45, 2.75) is 51.0 Å². The van der Waals surface area contributed by atoms with Crippen molar-refractivity contribution >= 4 is 22.6 Å². The minimum atomic E-state index is -0.197. The predicted octanol–water partition coefficient (Wildman–Crippen LogP) is 4.60. The van der Waals surface area contributed by atoms with Crippen LogP contribution in [0.5, 0.6) is 0 Å². The highest BCUT2D eigenvalue weighted by atomic mass is 16.2. The molecule has 1 saturated carbocycles. The van der Waals surface area contributed by atoms with Crippen LogP contribution in [-0.2, 0) is 0 Å². The van der Waals surface area contributed by atoms with Gasteiger partial charge in [0.25, 0.3) is 11.8 Å². The molecule has 7 heteroatoms. The van der Waals surface area contributed by atoms with E-state index in [4.69, 9.17) is 0 Å². The molecule has 190 valence electrons. The van der Waals surface area contributed by atoms with Crippen LogP contribution in [0.15, 0.2) is 49.1 Å². The van der Waals surface area contributed by atoms with Crippen molar-refractivity contribution in [3.63, 3.8) is 0 Å². The summed E-state index contributed by atoms with van der Waals surface area (Å²) in [4.78, 5) is 37.6. The predicted molar refractivity (Wildman–Crippen MR) is 143 cm³/mol. The second-order valence-electron chi connectivity index (χ2n) is 10.5. The smallest absolute Gasteiger partial charge is 0.261 e. The van der Waals surface area contributed by atoms with Crippen LogP contribution in [0.1, 0.15) is 66.2 Å². The molecule has 0 N–H and O–H groups in total. The molecule has 1 aromatic heterocycles. The van der Waals surface area contributed by atoms with Gasteiger partial charge in [-0.05, 0) is 71.1 Å². The maximum absolute atomic E-state index is 13.6. The third-order valence-corrected chi connectivity index (χ3v) is 8.32. The van der Waals surface area contributed by atoms with Crippen molar-refractivity contribution in [3.8, 4) is 5.69 Å². The van der Waals surface area contributed by atoms with Gasteiger partial charge in [0.1, 0.15) is 0 Å². The standard InChI is InChI=1S/C29H37N5O2/c1-4-16-31(2)17-14-29(12-5-6-13-29)32(3)19-20-34-27(35)23-9-7-8-22-25(33-18-15-30-21-33)11-10-24(26(22)23)28(34)36/h7-11,15,18,21H,4-6,12-14,16-17,19-20H2,1-3H3. The minimum absolute atomic E-state index is 0.154. The van der Waals surface area contributed by atoms with E-state index in [1.54, 1.807) is 12.5 Å². The first kappa shape index (κ1) is 24.7. The first-order valence-electron chi connectivity index (χ1n) is 13.3. The summed E-state index contributed by atoms with van der Waals surface area (Å²) in [7, 11) is 4.38. The molecule has 0 radical (unpaired) electrons. The number of nitrogens with zero attached hydrogens (tertiary/aromatic N) is 5. The maximum atomic E-state index is 13.6. The van der Waals surface area contributed by atoms with E-state index in [-0.39, 0.29) is 17.4 Å². The van der Waals surface area contributed by atoms with Crippen molar-refractivity contribution in [2.24, 2.45) is 0 Å². The molecule has 7 nitrogen and oxygen atoms in total. The van der Waals surface area contributed by atoms with Crippen molar-refractivity contribution in [1.82, 2.24) is 24.3 Å². The van der Waals surface area contributed by atoms with Crippen LogP contribution in [0.25, 0.3) is 16.5 Å². The second-order valence-corrected chi connectivity index (χ2v) is 10.5. The summed E-state index contributed by atoms with van der Waals surface area (Å²) >= 11 is 0. The van der Waals surface area contributed by atoms with Crippen LogP contribution in [0.3, 0.4) is 0 Å². The van der Waals surface area contributed by atoms with Gasteiger partial charge in [-0.15, -0.1) is 0 Å². The van der Waals surface area contributed by atoms with Gasteiger partial charge < -0.3 is 9.47 Å². The van der Waals surface area contributed by atoms with Crippen LogP contribution in [-0.4, -0.2) is 81.9 Å². The first-order valence-corrected chi connectivity index (χ1v) is 13.3. The zero-order chi connectivity index (χ0) is 25.3. The molecule has 2 aromatic carbocycles. The van der Waals surface area contributed by atoms with E-state index in [1.165, 1.54) is 30.6 Å². The van der Waals surface area contributed by atoms with Crippen LogP contribution in [0.4, 0.5) is 0 Å². The number of imide groups is 1. The van der Waals surface area contributed by atoms with Crippen LogP contribution in [0, 0.1) is 0 Å². The average molecular weight is 488 g/mol. The molecule has 0 saturated heterocycles. The molecular weight excluding hydrogens is 450 g/mol. The average Bonchev–Trinajstić information content (AvgIpc) is 3.59. The fraction of sp³-hybridized carbons (Fsp3) is 0.483. The van der Waals surface area contributed by atoms with Crippen LogP contribution in [0.2, 0.25) is 0 Å². The van der Waals surface area contributed by atoms with Gasteiger partial charge in [0.05, 0.1) is 12.0 Å². The number of amides is 2. The highest BCUT2D eigenvalue weighted by molar-refractivity contribution is 6.26. The summed E-state index contributed by atoms with van der Waals surface area (Å²) < 4.78 is 1.91. The third-order valence-electron chi connectivity index (χ3n) is 8.32. The number of likely N-dealkylation sites (N-methyl/N-ethyl adjacent to an activating group) is 1. The van der Waals surface area contributed by atoms with E-state index in [0.717, 1.165) is 42.4 Å². The lowest BCUT2D eigenvalue weighted by molar-refractivity contribution is 0.0531. The molecule has 0 bridgehead atoms. The molecule has 36 heavy (non-hydrogen) atoms. The number of benzene rings is 2. The molecular formula is C29H37N5O2. The quantitative estimate of drug-likeness (QED) is 0.391. The van der Waals surface area contributed by atoms with Crippen LogP contribution < -0.4 is 0 Å². The van der Waals surface area contributed by atoms with E-state index in [9.17, 15) is 9.59 Å². The molecule has 2 aliphatic rings. The summed E-state index contributed by atoms with van der Waals surface area (Å²) in [5.41, 5.74) is 2.27. The van der Waals surface area contributed by atoms with Gasteiger partial charge >= 0.3 is 0 Å². The maximum Gasteiger partial charge on any atom is 0.261 e. The molecule has 0 atom stereocenters. The van der Waals surface area contributed by atoms with E-state index >= 15 is 0 Å². The lowest BCUT2D eigenvalue weighted by Crippen LogP contribution is -2.51. The van der Waals surface area contributed by atoms with Crippen LogP contribution >= 0.6 is 0 Å². The Morgan fingerprint density at radius 1 is 0.972 bits per heavy atom. The van der Waals surface area contributed by atoms with Gasteiger partial charge in [-0.3, -0.25) is 19.4 Å². The normalized spacial score (nSPS) is 17.2. The molecule has 5 rings (SSSR count). The highest BCUT2D eigenvalue weighted by Crippen LogP contribution is 2.38. The fourth-order valence-corrected chi connectivity index (χ4v) is 6.20. The van der Waals surface area contributed by atoms with Crippen molar-refractivity contribution in [1.29, 1.82) is 0 Å². The summed E-state index contributed by atoms with van der Waals surface area (Å²) in [6, 6.07) is 9.52. The number of imidazole rings is 1. The Bertz CT molecular complexity index is 1220. The lowest BCUT2D eigenvalue weighted by atomic mass is 9.90. The van der Waals surface area contributed by atoms with E-state index < -0.39 is 0 Å². The number of rotatable bonds is 10. The highest BCUT2D eigenvalue weighted by Gasteiger charge is 2.39. The molecule has 2 heterocycles. The Balaban J connectivity index is 1.36. The van der Waals surface area contributed by atoms with E-state index in [2.05, 4.69) is 35.8 Å². The first-order chi connectivity index (χ1) is 17.4. The Kier molecular flexibility index (Phi) is 6.95. The number of hydrogen-bond donors (Lipinski definition) is 0. The zero-order valence-corrected chi connectivity index (χ0v) is 21.7. The van der Waals surface area contributed by atoms with E-state index in [0.29, 0.717) is 24.2 Å². The Morgan fingerprint density at radius 3 is 2.42 bits per heavy atom. The van der Waals surface area contributed by atoms with Crippen molar-refractivity contribution < 1.29 is 9.59 Å². The largest absolute Gasteiger partial charge is 0.306 e. The lowest BCUT2D eigenvalue weighted by Gasteiger charge is -2.41. The minimum Gasteiger partial charge on any atom is -0.306 e. The van der Waals surface area contributed by atoms with E-state index in [1.807, 2.05) is 41.1 Å². The van der Waals surface area contributed by atoms with Crippen molar-refractivity contribution in [2.75, 3.05) is 40.3 Å². The number of carbonyl (C=O) groups is 2. The monoisotopic (exact) mass is 487 g/mol. The van der Waals surface area contributed by atoms with Gasteiger partial charge in [0.15, 0.2) is 0 Å². The zero-order valence-electron chi connectivity index (χ0n) is 21.7.